The number of fused-ring (bicyclic) bond motifs is 1. The first-order valence-corrected chi connectivity index (χ1v) is 10.3. The highest BCUT2D eigenvalue weighted by Gasteiger charge is 2.26. The Bertz CT molecular complexity index is 1200. The average molecular weight is 431 g/mol. The minimum Gasteiger partial charge on any atom is -0.504 e. The quantitative estimate of drug-likeness (QED) is 0.548. The van der Waals surface area contributed by atoms with E-state index in [4.69, 9.17) is 13.9 Å². The molecule has 164 valence electrons. The van der Waals surface area contributed by atoms with E-state index >= 15 is 0 Å². The number of methoxy groups -OCH3 is 2. The van der Waals surface area contributed by atoms with Gasteiger partial charge in [-0.3, -0.25) is 4.79 Å². The van der Waals surface area contributed by atoms with E-state index in [1.54, 1.807) is 31.6 Å². The molecule has 0 radical (unpaired) electrons. The number of rotatable bonds is 7. The van der Waals surface area contributed by atoms with E-state index in [0.29, 0.717) is 18.1 Å². The highest BCUT2D eigenvalue weighted by atomic mass is 16.5. The van der Waals surface area contributed by atoms with Crippen molar-refractivity contribution in [2.75, 3.05) is 14.2 Å². The molecule has 0 saturated carbocycles. The molecule has 2 aromatic carbocycles. The number of phenols is 1. The van der Waals surface area contributed by atoms with Crippen LogP contribution in [0.3, 0.4) is 0 Å². The lowest BCUT2D eigenvalue weighted by Gasteiger charge is -2.09. The number of amides is 1. The van der Waals surface area contributed by atoms with Gasteiger partial charge in [-0.25, -0.2) is 0 Å². The van der Waals surface area contributed by atoms with Gasteiger partial charge in [-0.15, -0.1) is 0 Å². The third-order valence-corrected chi connectivity index (χ3v) is 5.59. The lowest BCUT2D eigenvalue weighted by Crippen LogP contribution is -2.22. The summed E-state index contributed by atoms with van der Waals surface area (Å²) in [6, 6.07) is 14.7. The Hall–Kier alpha value is -3.93. The standard InChI is InChI=1S/C26H25NO5/c1-16-21(11-17-6-9-24(28)25(12-17)31-3)20-8-7-18(30-2)13-23(20)22(16)14-26(29)27-15-19-5-4-10-32-19/h4-13,28H,14-15H2,1-3H3,(H,27,29)/b21-11-. The number of aromatic hydroxyl groups is 1. The van der Waals surface area contributed by atoms with Crippen molar-refractivity contribution in [2.24, 2.45) is 0 Å². The zero-order chi connectivity index (χ0) is 22.7. The van der Waals surface area contributed by atoms with Gasteiger partial charge in [0.2, 0.25) is 5.91 Å². The van der Waals surface area contributed by atoms with Gasteiger partial charge >= 0.3 is 0 Å². The van der Waals surface area contributed by atoms with Gasteiger partial charge in [-0.1, -0.05) is 12.1 Å². The molecule has 1 heterocycles. The monoisotopic (exact) mass is 431 g/mol. The van der Waals surface area contributed by atoms with Crippen LogP contribution < -0.4 is 14.8 Å². The largest absolute Gasteiger partial charge is 0.504 e. The second kappa shape index (κ2) is 9.06. The summed E-state index contributed by atoms with van der Waals surface area (Å²) >= 11 is 0. The summed E-state index contributed by atoms with van der Waals surface area (Å²) < 4.78 is 16.0. The topological polar surface area (TPSA) is 80.9 Å². The normalized spacial score (nSPS) is 13.9. The van der Waals surface area contributed by atoms with E-state index in [2.05, 4.69) is 5.32 Å². The zero-order valence-electron chi connectivity index (χ0n) is 18.3. The van der Waals surface area contributed by atoms with Gasteiger partial charge in [0, 0.05) is 0 Å². The predicted octanol–water partition coefficient (Wildman–Crippen LogP) is 5.04. The van der Waals surface area contributed by atoms with Crippen molar-refractivity contribution in [1.29, 1.82) is 0 Å². The highest BCUT2D eigenvalue weighted by molar-refractivity contribution is 6.08. The molecule has 0 fully saturated rings. The van der Waals surface area contributed by atoms with E-state index in [9.17, 15) is 9.90 Å². The fourth-order valence-electron chi connectivity index (χ4n) is 3.89. The molecule has 0 unspecified atom stereocenters. The molecule has 6 heteroatoms. The minimum atomic E-state index is -0.0860. The number of ether oxygens (including phenoxy) is 2. The maximum atomic E-state index is 12.7. The van der Waals surface area contributed by atoms with Gasteiger partial charge in [-0.2, -0.15) is 0 Å². The molecule has 0 atom stereocenters. The summed E-state index contributed by atoms with van der Waals surface area (Å²) in [5.74, 6) is 1.85. The number of allylic oxidation sites excluding steroid dienone is 2. The Labute approximate surface area is 186 Å². The predicted molar refractivity (Wildman–Crippen MR) is 123 cm³/mol. The lowest BCUT2D eigenvalue weighted by atomic mass is 10.00. The van der Waals surface area contributed by atoms with E-state index < -0.39 is 0 Å². The second-order valence-electron chi connectivity index (χ2n) is 7.54. The molecule has 1 aromatic heterocycles. The van der Waals surface area contributed by atoms with Crippen LogP contribution in [0.5, 0.6) is 17.2 Å². The van der Waals surface area contributed by atoms with Crippen LogP contribution >= 0.6 is 0 Å². The molecular weight excluding hydrogens is 406 g/mol. The molecule has 0 saturated heterocycles. The summed E-state index contributed by atoms with van der Waals surface area (Å²) in [5, 5.41) is 12.8. The smallest absolute Gasteiger partial charge is 0.224 e. The van der Waals surface area contributed by atoms with Crippen LogP contribution in [-0.4, -0.2) is 25.2 Å². The molecular formula is C26H25NO5. The molecule has 6 nitrogen and oxygen atoms in total. The Morgan fingerprint density at radius 3 is 2.66 bits per heavy atom. The zero-order valence-corrected chi connectivity index (χ0v) is 18.3. The highest BCUT2D eigenvalue weighted by Crippen LogP contribution is 2.45. The molecule has 4 rings (SSSR count). The fourth-order valence-corrected chi connectivity index (χ4v) is 3.89. The first-order chi connectivity index (χ1) is 15.5. The number of carbonyl (C=O) groups excluding carboxylic acids is 1. The van der Waals surface area contributed by atoms with Crippen molar-refractivity contribution in [1.82, 2.24) is 5.32 Å². The van der Waals surface area contributed by atoms with E-state index in [-0.39, 0.29) is 18.1 Å². The molecule has 1 aliphatic rings. The van der Waals surface area contributed by atoms with Gasteiger partial charge in [0.25, 0.3) is 0 Å². The van der Waals surface area contributed by atoms with Gasteiger partial charge in [0.05, 0.1) is 33.4 Å². The number of hydrogen-bond donors (Lipinski definition) is 2. The number of benzene rings is 2. The maximum Gasteiger partial charge on any atom is 0.224 e. The molecule has 32 heavy (non-hydrogen) atoms. The summed E-state index contributed by atoms with van der Waals surface area (Å²) in [5.41, 5.74) is 5.89. The van der Waals surface area contributed by atoms with Crippen molar-refractivity contribution in [2.45, 2.75) is 19.9 Å². The number of carbonyl (C=O) groups is 1. The molecule has 3 aromatic rings. The van der Waals surface area contributed by atoms with Crippen LogP contribution in [0.4, 0.5) is 0 Å². The third-order valence-electron chi connectivity index (χ3n) is 5.59. The summed E-state index contributed by atoms with van der Waals surface area (Å²) in [4.78, 5) is 12.7. The first kappa shape index (κ1) is 21.3. The van der Waals surface area contributed by atoms with Gasteiger partial charge in [-0.05, 0) is 82.8 Å². The Kier molecular flexibility index (Phi) is 6.03. The second-order valence-corrected chi connectivity index (χ2v) is 7.54. The first-order valence-electron chi connectivity index (χ1n) is 10.3. The molecule has 1 aliphatic carbocycles. The summed E-state index contributed by atoms with van der Waals surface area (Å²) in [7, 11) is 3.15. The number of hydrogen-bond acceptors (Lipinski definition) is 5. The van der Waals surface area contributed by atoms with Crippen molar-refractivity contribution < 1.29 is 23.8 Å². The van der Waals surface area contributed by atoms with Crippen molar-refractivity contribution in [3.63, 3.8) is 0 Å². The van der Waals surface area contributed by atoms with Gasteiger partial charge < -0.3 is 24.3 Å². The molecule has 1 amide bonds. The lowest BCUT2D eigenvalue weighted by molar-refractivity contribution is -0.120. The maximum absolute atomic E-state index is 12.7. The van der Waals surface area contributed by atoms with Crippen LogP contribution in [0, 0.1) is 0 Å². The van der Waals surface area contributed by atoms with Crippen LogP contribution in [0.1, 0.15) is 35.8 Å². The Morgan fingerprint density at radius 2 is 1.94 bits per heavy atom. The third kappa shape index (κ3) is 4.25. The van der Waals surface area contributed by atoms with Crippen molar-refractivity contribution >= 4 is 23.1 Å². The van der Waals surface area contributed by atoms with Crippen LogP contribution in [-0.2, 0) is 11.3 Å². The summed E-state index contributed by atoms with van der Waals surface area (Å²) in [6.07, 6.45) is 3.86. The fraction of sp³-hybridized carbons (Fsp3) is 0.192. The van der Waals surface area contributed by atoms with E-state index in [1.165, 1.54) is 7.11 Å². The summed E-state index contributed by atoms with van der Waals surface area (Å²) in [6.45, 7) is 2.37. The van der Waals surface area contributed by atoms with Crippen LogP contribution in [0.25, 0.3) is 17.2 Å². The Morgan fingerprint density at radius 1 is 1.09 bits per heavy atom. The number of nitrogens with one attached hydrogen (secondary N) is 1. The molecule has 0 spiro atoms. The Balaban J connectivity index is 1.68. The van der Waals surface area contributed by atoms with Gasteiger partial charge in [0.1, 0.15) is 11.5 Å². The SMILES string of the molecule is COc1ccc2c(c1)C(CC(=O)NCc1ccco1)=C(C)/C2=C/c1ccc(O)c(OC)c1. The van der Waals surface area contributed by atoms with Gasteiger partial charge in [0.15, 0.2) is 11.5 Å². The van der Waals surface area contributed by atoms with Crippen LogP contribution in [0.15, 0.2) is 64.8 Å². The molecule has 2 N–H and O–H groups in total. The van der Waals surface area contributed by atoms with Crippen molar-refractivity contribution in [3.8, 4) is 17.2 Å². The molecule has 0 aliphatic heterocycles. The average Bonchev–Trinajstić information content (AvgIpc) is 3.41. The number of phenolic OH excluding ortho intramolecular Hbond substituents is 1. The van der Waals surface area contributed by atoms with E-state index in [0.717, 1.165) is 39.2 Å². The van der Waals surface area contributed by atoms with E-state index in [1.807, 2.05) is 43.3 Å². The minimum absolute atomic E-state index is 0.0860. The van der Waals surface area contributed by atoms with Crippen LogP contribution in [0.2, 0.25) is 0 Å². The molecule has 0 bridgehead atoms. The number of furan rings is 1. The van der Waals surface area contributed by atoms with Crippen molar-refractivity contribution in [3.05, 3.63) is 82.8 Å².